The van der Waals surface area contributed by atoms with Crippen molar-refractivity contribution >= 4 is 40.1 Å². The van der Waals surface area contributed by atoms with Gasteiger partial charge in [0, 0.05) is 42.4 Å². The summed E-state index contributed by atoms with van der Waals surface area (Å²) < 4.78 is 22.8. The number of aliphatic hydroxyl groups excluding tert-OH is 1. The van der Waals surface area contributed by atoms with E-state index in [4.69, 9.17) is 33.0 Å². The van der Waals surface area contributed by atoms with Gasteiger partial charge in [0.1, 0.15) is 11.7 Å². The van der Waals surface area contributed by atoms with Crippen LogP contribution in [0.15, 0.2) is 42.9 Å². The maximum absolute atomic E-state index is 14.2. The largest absolute Gasteiger partial charge is 0.464 e. The van der Waals surface area contributed by atoms with Gasteiger partial charge in [-0.25, -0.2) is 14.2 Å². The van der Waals surface area contributed by atoms with Crippen molar-refractivity contribution in [3.63, 3.8) is 0 Å². The molecule has 1 N–H and O–H groups in total. The van der Waals surface area contributed by atoms with Gasteiger partial charge < -0.3 is 14.4 Å². The molecule has 0 spiro atoms. The van der Waals surface area contributed by atoms with E-state index in [1.165, 1.54) is 10.2 Å². The van der Waals surface area contributed by atoms with E-state index in [0.717, 1.165) is 50.0 Å². The van der Waals surface area contributed by atoms with Gasteiger partial charge in [-0.15, -0.1) is 0 Å². The van der Waals surface area contributed by atoms with Crippen molar-refractivity contribution in [2.75, 3.05) is 26.3 Å². The molecule has 4 aromatic rings. The lowest BCUT2D eigenvalue weighted by molar-refractivity contribution is -0.146. The number of rotatable bonds is 9. The summed E-state index contributed by atoms with van der Waals surface area (Å²) in [7, 11) is 0. The summed E-state index contributed by atoms with van der Waals surface area (Å²) in [6.45, 7) is 5.34. The number of piperidine rings is 1. The summed E-state index contributed by atoms with van der Waals surface area (Å²) in [6.07, 6.45) is 5.52. The molecule has 8 nitrogen and oxygen atoms in total. The Morgan fingerprint density at radius 1 is 1.21 bits per heavy atom. The van der Waals surface area contributed by atoms with Crippen molar-refractivity contribution in [2.45, 2.75) is 57.9 Å². The van der Waals surface area contributed by atoms with E-state index in [0.29, 0.717) is 38.3 Å². The minimum absolute atomic E-state index is 0.176. The van der Waals surface area contributed by atoms with Crippen LogP contribution < -0.4 is 0 Å². The Morgan fingerprint density at radius 2 is 1.98 bits per heavy atom. The van der Waals surface area contributed by atoms with Crippen LogP contribution in [0.1, 0.15) is 49.2 Å². The molecular weight excluding hydrogens is 580 g/mol. The fourth-order valence-electron chi connectivity index (χ4n) is 6.21. The van der Waals surface area contributed by atoms with Crippen LogP contribution in [-0.2, 0) is 29.0 Å². The second-order valence-corrected chi connectivity index (χ2v) is 12.0. The first-order chi connectivity index (χ1) is 20.4. The minimum Gasteiger partial charge on any atom is -0.464 e. The van der Waals surface area contributed by atoms with Gasteiger partial charge in [-0.2, -0.15) is 5.10 Å². The average molecular weight is 615 g/mol. The molecule has 2 aromatic heterocycles. The molecule has 4 heterocycles. The lowest BCUT2D eigenvalue weighted by atomic mass is 9.93. The van der Waals surface area contributed by atoms with E-state index < -0.39 is 18.2 Å². The predicted molar refractivity (Wildman–Crippen MR) is 160 cm³/mol. The van der Waals surface area contributed by atoms with E-state index in [1.54, 1.807) is 24.0 Å². The Balaban J connectivity index is 1.28. The number of esters is 1. The van der Waals surface area contributed by atoms with Gasteiger partial charge in [0.05, 0.1) is 35.2 Å². The summed E-state index contributed by atoms with van der Waals surface area (Å²) in [4.78, 5) is 20.1. The third kappa shape index (κ3) is 5.67. The van der Waals surface area contributed by atoms with Crippen molar-refractivity contribution < 1.29 is 19.0 Å². The van der Waals surface area contributed by atoms with Crippen LogP contribution >= 0.6 is 23.2 Å². The summed E-state index contributed by atoms with van der Waals surface area (Å²) >= 11 is 13.7. The highest BCUT2D eigenvalue weighted by molar-refractivity contribution is 6.42. The maximum Gasteiger partial charge on any atom is 0.337 e. The van der Waals surface area contributed by atoms with Crippen molar-refractivity contribution in [2.24, 2.45) is 5.92 Å². The normalized spacial score (nSPS) is 18.5. The highest BCUT2D eigenvalue weighted by atomic mass is 35.5. The molecule has 2 aliphatic rings. The third-order valence-corrected chi connectivity index (χ3v) is 9.14. The first kappa shape index (κ1) is 29.1. The molecule has 222 valence electrons. The van der Waals surface area contributed by atoms with Crippen molar-refractivity contribution in [1.29, 1.82) is 0 Å². The number of halogens is 3. The zero-order chi connectivity index (χ0) is 29.4. The first-order valence-corrected chi connectivity index (χ1v) is 15.3. The van der Waals surface area contributed by atoms with Crippen LogP contribution in [0.2, 0.25) is 10.0 Å². The maximum atomic E-state index is 14.2. The number of aromatic nitrogens is 4. The Morgan fingerprint density at radius 3 is 2.69 bits per heavy atom. The van der Waals surface area contributed by atoms with Crippen molar-refractivity contribution in [1.82, 2.24) is 24.2 Å². The lowest BCUT2D eigenvalue weighted by Gasteiger charge is -2.31. The molecule has 0 amide bonds. The van der Waals surface area contributed by atoms with Gasteiger partial charge in [0.25, 0.3) is 0 Å². The summed E-state index contributed by atoms with van der Waals surface area (Å²) in [5.74, 6) is 0.0874. The van der Waals surface area contributed by atoms with E-state index >= 15 is 0 Å². The van der Waals surface area contributed by atoms with Crippen LogP contribution in [-0.4, -0.2) is 67.8 Å². The van der Waals surface area contributed by atoms with E-state index in [1.807, 2.05) is 18.2 Å². The molecule has 0 saturated carbocycles. The number of carbonyl (C=O) groups is 1. The number of alkyl halides is 1. The summed E-state index contributed by atoms with van der Waals surface area (Å²) in [5.41, 5.74) is 4.41. The number of nitrogens with zero attached hydrogens (tertiary/aromatic N) is 5. The first-order valence-electron chi connectivity index (χ1n) is 14.5. The molecular formula is C31H34Cl2FN5O3. The molecule has 1 fully saturated rings. The molecule has 0 aliphatic carbocycles. The molecule has 2 aromatic carbocycles. The highest BCUT2D eigenvalue weighted by Crippen LogP contribution is 2.39. The van der Waals surface area contributed by atoms with Crippen molar-refractivity contribution in [3.8, 4) is 11.1 Å². The van der Waals surface area contributed by atoms with Gasteiger partial charge in [0.15, 0.2) is 6.04 Å². The second kappa shape index (κ2) is 12.3. The van der Waals surface area contributed by atoms with Crippen LogP contribution in [0.3, 0.4) is 0 Å². The number of hydrogen-bond acceptors (Lipinski definition) is 6. The van der Waals surface area contributed by atoms with Crippen LogP contribution in [0.25, 0.3) is 22.0 Å². The second-order valence-electron chi connectivity index (χ2n) is 11.2. The van der Waals surface area contributed by atoms with Gasteiger partial charge in [-0.05, 0) is 62.4 Å². The molecule has 6 rings (SSSR count). The zero-order valence-electron chi connectivity index (χ0n) is 23.5. The number of benzene rings is 2. The fraction of sp³-hybridized carbons (Fsp3) is 0.452. The standard InChI is InChI=1S/C31H34Cl2FN5O3/c1-2-42-31(41)30(29-26-13-22(34)16-38(26)18-35-29)39-17-24-25(32)14-23(27(33)28(24)36-39)21-5-3-20(4-6-21)15-37-10-7-19(8-11-37)9-12-40/h3-6,14,17-19,22,30,40H,2,7-13,15-16H2,1H3/t22-,30?/m1/s1. The quantitative estimate of drug-likeness (QED) is 0.238. The fourth-order valence-corrected chi connectivity index (χ4v) is 6.77. The van der Waals surface area contributed by atoms with Gasteiger partial charge in [-0.3, -0.25) is 9.58 Å². The average Bonchev–Trinajstić information content (AvgIpc) is 3.68. The number of aliphatic hydroxyl groups is 1. The number of carbonyl (C=O) groups excluding carboxylic acids is 1. The smallest absolute Gasteiger partial charge is 0.337 e. The SMILES string of the molecule is CCOC(=O)C(c1ncn2c1C[C@@H](F)C2)n1cc2c(Cl)cc(-c3ccc(CN4CCC(CCO)CC4)cc3)c(Cl)c2n1. The summed E-state index contributed by atoms with van der Waals surface area (Å²) in [6, 6.07) is 9.12. The highest BCUT2D eigenvalue weighted by Gasteiger charge is 2.35. The van der Waals surface area contributed by atoms with E-state index in [9.17, 15) is 14.3 Å². The van der Waals surface area contributed by atoms with Gasteiger partial charge >= 0.3 is 5.97 Å². The lowest BCUT2D eigenvalue weighted by Crippen LogP contribution is -2.33. The van der Waals surface area contributed by atoms with Crippen LogP contribution in [0.5, 0.6) is 0 Å². The Bertz CT molecular complexity index is 1580. The number of hydrogen-bond donors (Lipinski definition) is 1. The number of likely N-dealkylation sites (tertiary alicyclic amines) is 1. The minimum atomic E-state index is -1.02. The van der Waals surface area contributed by atoms with Crippen LogP contribution in [0, 0.1) is 5.92 Å². The summed E-state index contributed by atoms with van der Waals surface area (Å²) in [5, 5.41) is 15.4. The van der Waals surface area contributed by atoms with E-state index in [2.05, 4.69) is 22.0 Å². The van der Waals surface area contributed by atoms with E-state index in [-0.39, 0.29) is 26.2 Å². The topological polar surface area (TPSA) is 85.4 Å². The predicted octanol–water partition coefficient (Wildman–Crippen LogP) is 5.85. The molecule has 11 heteroatoms. The van der Waals surface area contributed by atoms with Gasteiger partial charge in [0.2, 0.25) is 0 Å². The molecule has 0 bridgehead atoms. The molecule has 0 radical (unpaired) electrons. The zero-order valence-corrected chi connectivity index (χ0v) is 25.0. The Hall–Kier alpha value is -2.98. The van der Waals surface area contributed by atoms with Crippen molar-refractivity contribution in [3.05, 3.63) is 69.9 Å². The Kier molecular flexibility index (Phi) is 8.54. The number of ether oxygens (including phenoxy) is 1. The monoisotopic (exact) mass is 613 g/mol. The molecule has 2 aliphatic heterocycles. The Labute approximate surface area is 254 Å². The number of fused-ring (bicyclic) bond motifs is 2. The molecule has 1 unspecified atom stereocenters. The number of imidazole rings is 1. The van der Waals surface area contributed by atoms with Crippen LogP contribution in [0.4, 0.5) is 4.39 Å². The van der Waals surface area contributed by atoms with Gasteiger partial charge in [-0.1, -0.05) is 47.5 Å². The molecule has 1 saturated heterocycles. The third-order valence-electron chi connectivity index (χ3n) is 8.44. The molecule has 42 heavy (non-hydrogen) atoms. The molecule has 2 atom stereocenters.